The van der Waals surface area contributed by atoms with Gasteiger partial charge < -0.3 is 20.1 Å². The zero-order valence-electron chi connectivity index (χ0n) is 16.5. The van der Waals surface area contributed by atoms with Crippen molar-refractivity contribution in [1.29, 1.82) is 0 Å². The lowest BCUT2D eigenvalue weighted by Gasteiger charge is -2.10. The zero-order valence-corrected chi connectivity index (χ0v) is 17.3. The van der Waals surface area contributed by atoms with Crippen molar-refractivity contribution in [2.24, 2.45) is 0 Å². The number of hydrogen-bond acceptors (Lipinski definition) is 7. The number of nitrogens with one attached hydrogen (secondary N) is 2. The highest BCUT2D eigenvalue weighted by Crippen LogP contribution is 2.24. The molecule has 1 heterocycles. The first-order valence-corrected chi connectivity index (χ1v) is 10.3. The number of thioether (sulfide) groups is 1. The van der Waals surface area contributed by atoms with Crippen molar-refractivity contribution < 1.29 is 14.3 Å². The molecule has 0 bridgehead atoms. The van der Waals surface area contributed by atoms with Gasteiger partial charge in [0.05, 0.1) is 24.5 Å². The third kappa shape index (κ3) is 6.07. The summed E-state index contributed by atoms with van der Waals surface area (Å²) < 4.78 is 10.5. The molecule has 0 fully saturated rings. The summed E-state index contributed by atoms with van der Waals surface area (Å²) >= 11 is 1.30. The Labute approximate surface area is 174 Å². The fraction of sp³-hybridized carbons (Fsp3) is 0.286. The van der Waals surface area contributed by atoms with Gasteiger partial charge in [-0.1, -0.05) is 23.9 Å². The van der Waals surface area contributed by atoms with Gasteiger partial charge in [-0.15, -0.1) is 0 Å². The zero-order chi connectivity index (χ0) is 20.5. The highest BCUT2D eigenvalue weighted by Gasteiger charge is 2.10. The molecule has 0 unspecified atom stereocenters. The monoisotopic (exact) mass is 412 g/mol. The summed E-state index contributed by atoms with van der Waals surface area (Å²) in [7, 11) is 1.66. The lowest BCUT2D eigenvalue weighted by Crippen LogP contribution is -2.14. The molecular formula is C21H24N4O3S. The van der Waals surface area contributed by atoms with Gasteiger partial charge in [-0.05, 0) is 43.3 Å². The summed E-state index contributed by atoms with van der Waals surface area (Å²) in [5.41, 5.74) is 1.55. The molecule has 3 aromatic rings. The second-order valence-corrected chi connectivity index (χ2v) is 7.03. The van der Waals surface area contributed by atoms with Gasteiger partial charge in [-0.25, -0.2) is 9.97 Å². The molecule has 0 aliphatic carbocycles. The summed E-state index contributed by atoms with van der Waals surface area (Å²) in [6.07, 6.45) is 0. The maximum Gasteiger partial charge on any atom is 0.234 e. The highest BCUT2D eigenvalue weighted by molar-refractivity contribution is 7.99. The summed E-state index contributed by atoms with van der Waals surface area (Å²) in [4.78, 5) is 21.4. The van der Waals surface area contributed by atoms with E-state index in [0.29, 0.717) is 24.9 Å². The molecule has 7 nitrogen and oxygen atoms in total. The number of methoxy groups -OCH3 is 1. The number of ether oxygens (including phenoxy) is 2. The molecule has 0 saturated heterocycles. The Morgan fingerprint density at radius 3 is 2.66 bits per heavy atom. The van der Waals surface area contributed by atoms with E-state index in [1.165, 1.54) is 11.8 Å². The Balaban J connectivity index is 1.63. The number of anilines is 2. The lowest BCUT2D eigenvalue weighted by atomic mass is 10.2. The Morgan fingerprint density at radius 2 is 1.90 bits per heavy atom. The predicted molar refractivity (Wildman–Crippen MR) is 117 cm³/mol. The van der Waals surface area contributed by atoms with Crippen LogP contribution in [-0.2, 0) is 9.53 Å². The minimum atomic E-state index is -0.121. The molecule has 8 heteroatoms. The largest absolute Gasteiger partial charge is 0.494 e. The number of nitrogens with zero attached hydrogens (tertiary/aromatic N) is 2. The number of amides is 1. The third-order valence-corrected chi connectivity index (χ3v) is 4.81. The summed E-state index contributed by atoms with van der Waals surface area (Å²) in [5.74, 6) is 1.60. The van der Waals surface area contributed by atoms with Gasteiger partial charge in [0.15, 0.2) is 5.16 Å². The molecule has 29 heavy (non-hydrogen) atoms. The van der Waals surface area contributed by atoms with Crippen LogP contribution in [0, 0.1) is 0 Å². The topological polar surface area (TPSA) is 85.4 Å². The summed E-state index contributed by atoms with van der Waals surface area (Å²) in [5, 5.41) is 7.63. The SMILES string of the molecule is CCOc1ccc(NC(=O)CSc2nc(NCCOC)c3ccccc3n2)cc1. The number of rotatable bonds is 10. The molecule has 0 aliphatic rings. The molecule has 1 amide bonds. The quantitative estimate of drug-likeness (QED) is 0.297. The van der Waals surface area contributed by atoms with Crippen LogP contribution in [0.1, 0.15) is 6.92 Å². The average molecular weight is 413 g/mol. The van der Waals surface area contributed by atoms with Gasteiger partial charge in [-0.3, -0.25) is 4.79 Å². The molecule has 2 aromatic carbocycles. The number of fused-ring (bicyclic) bond motifs is 1. The van der Waals surface area contributed by atoms with Crippen LogP contribution in [0.2, 0.25) is 0 Å². The number of para-hydroxylation sites is 1. The van der Waals surface area contributed by atoms with Crippen LogP contribution < -0.4 is 15.4 Å². The van der Waals surface area contributed by atoms with E-state index in [-0.39, 0.29) is 11.7 Å². The third-order valence-electron chi connectivity index (χ3n) is 3.96. The molecule has 0 aliphatic heterocycles. The summed E-state index contributed by atoms with van der Waals surface area (Å²) in [6.45, 7) is 3.75. The minimum Gasteiger partial charge on any atom is -0.494 e. The van der Waals surface area contributed by atoms with Gasteiger partial charge in [0.2, 0.25) is 5.91 Å². The molecule has 0 spiro atoms. The second kappa shape index (κ2) is 10.6. The van der Waals surface area contributed by atoms with E-state index in [9.17, 15) is 4.79 Å². The molecule has 0 saturated carbocycles. The van der Waals surface area contributed by atoms with E-state index in [0.717, 1.165) is 28.2 Å². The van der Waals surface area contributed by atoms with E-state index in [4.69, 9.17) is 9.47 Å². The van der Waals surface area contributed by atoms with E-state index in [2.05, 4.69) is 20.6 Å². The molecule has 152 valence electrons. The summed E-state index contributed by atoms with van der Waals surface area (Å²) in [6, 6.07) is 15.1. The van der Waals surface area contributed by atoms with Gasteiger partial charge in [0, 0.05) is 24.7 Å². The number of carbonyl (C=O) groups excluding carboxylic acids is 1. The van der Waals surface area contributed by atoms with Gasteiger partial charge in [0.25, 0.3) is 0 Å². The fourth-order valence-electron chi connectivity index (χ4n) is 2.65. The van der Waals surface area contributed by atoms with Crippen LogP contribution in [0.3, 0.4) is 0 Å². The van der Waals surface area contributed by atoms with Crippen molar-refractivity contribution in [3.8, 4) is 5.75 Å². The Bertz CT molecular complexity index is 950. The van der Waals surface area contributed by atoms with E-state index in [1.807, 2.05) is 55.5 Å². The number of aromatic nitrogens is 2. The van der Waals surface area contributed by atoms with E-state index in [1.54, 1.807) is 7.11 Å². The number of hydrogen-bond donors (Lipinski definition) is 2. The first-order chi connectivity index (χ1) is 14.2. The lowest BCUT2D eigenvalue weighted by molar-refractivity contribution is -0.113. The van der Waals surface area contributed by atoms with Gasteiger partial charge in [-0.2, -0.15) is 0 Å². The smallest absolute Gasteiger partial charge is 0.234 e. The average Bonchev–Trinajstić information content (AvgIpc) is 2.74. The molecule has 1 aromatic heterocycles. The first kappa shape index (κ1) is 20.9. The molecule has 0 radical (unpaired) electrons. The van der Waals surface area contributed by atoms with E-state index < -0.39 is 0 Å². The van der Waals surface area contributed by atoms with Crippen LogP contribution in [0.15, 0.2) is 53.7 Å². The number of benzene rings is 2. The standard InChI is InChI=1S/C21H24N4O3S/c1-3-28-16-10-8-15(9-11-16)23-19(26)14-29-21-24-18-7-5-4-6-17(18)20(25-21)22-12-13-27-2/h4-11H,3,12-14H2,1-2H3,(H,23,26)(H,22,24,25). The van der Waals surface area contributed by atoms with Gasteiger partial charge >= 0.3 is 0 Å². The normalized spacial score (nSPS) is 10.7. The van der Waals surface area contributed by atoms with Crippen LogP contribution in [0.4, 0.5) is 11.5 Å². The molecule has 3 rings (SSSR count). The molecular weight excluding hydrogens is 388 g/mol. The Kier molecular flexibility index (Phi) is 7.66. The second-order valence-electron chi connectivity index (χ2n) is 6.09. The maximum atomic E-state index is 12.3. The fourth-order valence-corrected chi connectivity index (χ4v) is 3.31. The minimum absolute atomic E-state index is 0.121. The Morgan fingerprint density at radius 1 is 1.10 bits per heavy atom. The highest BCUT2D eigenvalue weighted by atomic mass is 32.2. The molecule has 2 N–H and O–H groups in total. The van der Waals surface area contributed by atoms with Crippen molar-refractivity contribution >= 4 is 40.1 Å². The van der Waals surface area contributed by atoms with Crippen LogP contribution in [0.5, 0.6) is 5.75 Å². The maximum absolute atomic E-state index is 12.3. The number of carbonyl (C=O) groups is 1. The Hall–Kier alpha value is -2.84. The predicted octanol–water partition coefficient (Wildman–Crippen LogP) is 3.82. The van der Waals surface area contributed by atoms with Crippen molar-refractivity contribution in [3.05, 3.63) is 48.5 Å². The first-order valence-electron chi connectivity index (χ1n) is 9.34. The van der Waals surface area contributed by atoms with Crippen LogP contribution in [0.25, 0.3) is 10.9 Å². The van der Waals surface area contributed by atoms with Crippen molar-refractivity contribution in [3.63, 3.8) is 0 Å². The van der Waals surface area contributed by atoms with Crippen molar-refractivity contribution in [1.82, 2.24) is 9.97 Å². The van der Waals surface area contributed by atoms with Crippen molar-refractivity contribution in [2.75, 3.05) is 43.3 Å². The van der Waals surface area contributed by atoms with Gasteiger partial charge in [0.1, 0.15) is 11.6 Å². The van der Waals surface area contributed by atoms with E-state index >= 15 is 0 Å². The van der Waals surface area contributed by atoms with Crippen molar-refractivity contribution in [2.45, 2.75) is 12.1 Å². The molecule has 0 atom stereocenters. The van der Waals surface area contributed by atoms with Crippen LogP contribution >= 0.6 is 11.8 Å². The van der Waals surface area contributed by atoms with Crippen LogP contribution in [-0.4, -0.2) is 48.5 Å².